The zero-order valence-corrected chi connectivity index (χ0v) is 13.8. The molecule has 122 valence electrons. The normalized spacial score (nSPS) is 18.8. The van der Waals surface area contributed by atoms with Crippen molar-refractivity contribution < 1.29 is 4.79 Å². The average molecular weight is 312 g/mol. The number of aryl methyl sites for hydroxylation is 2. The Morgan fingerprint density at radius 2 is 2.26 bits per heavy atom. The van der Waals surface area contributed by atoms with E-state index in [4.69, 9.17) is 0 Å². The van der Waals surface area contributed by atoms with E-state index in [9.17, 15) is 4.79 Å². The van der Waals surface area contributed by atoms with Crippen molar-refractivity contribution in [1.29, 1.82) is 0 Å². The Morgan fingerprint density at radius 1 is 1.39 bits per heavy atom. The first kappa shape index (κ1) is 15.7. The molecule has 2 heterocycles. The molecule has 0 bridgehead atoms. The average Bonchev–Trinajstić information content (AvgIpc) is 2.94. The number of hydrogen-bond donors (Lipinski definition) is 1. The van der Waals surface area contributed by atoms with Crippen molar-refractivity contribution in [2.24, 2.45) is 7.05 Å². The Hall–Kier alpha value is -2.14. The summed E-state index contributed by atoms with van der Waals surface area (Å²) < 4.78 is 1.65. The molecular weight excluding hydrogens is 288 g/mol. The molecule has 23 heavy (non-hydrogen) atoms. The van der Waals surface area contributed by atoms with Gasteiger partial charge in [-0.15, -0.1) is 0 Å². The summed E-state index contributed by atoms with van der Waals surface area (Å²) in [7, 11) is 1.82. The van der Waals surface area contributed by atoms with Gasteiger partial charge in [-0.2, -0.15) is 5.10 Å². The minimum Gasteiger partial charge on any atom is -0.347 e. The highest BCUT2D eigenvalue weighted by Gasteiger charge is 2.22. The van der Waals surface area contributed by atoms with Gasteiger partial charge in [-0.1, -0.05) is 29.8 Å². The van der Waals surface area contributed by atoms with Crippen LogP contribution in [0.2, 0.25) is 0 Å². The van der Waals surface area contributed by atoms with Crippen LogP contribution in [0.3, 0.4) is 0 Å². The number of hydrogen-bond acceptors (Lipinski definition) is 3. The van der Waals surface area contributed by atoms with E-state index in [0.29, 0.717) is 5.69 Å². The summed E-state index contributed by atoms with van der Waals surface area (Å²) in [5, 5.41) is 7.28. The fourth-order valence-corrected chi connectivity index (χ4v) is 3.18. The van der Waals surface area contributed by atoms with Crippen molar-refractivity contribution in [1.82, 2.24) is 20.0 Å². The first-order chi connectivity index (χ1) is 11.1. The van der Waals surface area contributed by atoms with Gasteiger partial charge in [0.15, 0.2) is 0 Å². The van der Waals surface area contributed by atoms with Gasteiger partial charge in [0.25, 0.3) is 5.91 Å². The number of rotatable bonds is 4. The number of carbonyl (C=O) groups excluding carboxylic acids is 1. The van der Waals surface area contributed by atoms with E-state index in [-0.39, 0.29) is 11.9 Å². The Balaban J connectivity index is 1.56. The quantitative estimate of drug-likeness (QED) is 0.941. The van der Waals surface area contributed by atoms with Gasteiger partial charge in [0.05, 0.1) is 0 Å². The number of nitrogens with one attached hydrogen (secondary N) is 1. The second-order valence-electron chi connectivity index (χ2n) is 6.41. The van der Waals surface area contributed by atoms with E-state index in [2.05, 4.69) is 46.5 Å². The molecule has 3 rings (SSSR count). The molecule has 5 heteroatoms. The molecule has 0 aliphatic carbocycles. The molecule has 1 amide bonds. The standard InChI is InChI=1S/C18H24N4O/c1-14-5-3-6-15(11-14)12-22-9-4-7-16(13-22)19-18(23)17-8-10-21(2)20-17/h3,5-6,8,10-11,16H,4,7,9,12-13H2,1-2H3,(H,19,23). The van der Waals surface area contributed by atoms with Crippen LogP contribution in [0.15, 0.2) is 36.5 Å². The van der Waals surface area contributed by atoms with Crippen LogP contribution in [0.5, 0.6) is 0 Å². The SMILES string of the molecule is Cc1cccc(CN2CCCC(NC(=O)c3ccn(C)n3)C2)c1. The highest BCUT2D eigenvalue weighted by molar-refractivity contribution is 5.92. The predicted molar refractivity (Wildman–Crippen MR) is 90.2 cm³/mol. The van der Waals surface area contributed by atoms with Crippen molar-refractivity contribution in [2.45, 2.75) is 32.4 Å². The molecule has 5 nitrogen and oxygen atoms in total. The summed E-state index contributed by atoms with van der Waals surface area (Å²) in [5.74, 6) is -0.0759. The highest BCUT2D eigenvalue weighted by Crippen LogP contribution is 2.15. The van der Waals surface area contributed by atoms with Gasteiger partial charge in [-0.3, -0.25) is 14.4 Å². The number of likely N-dealkylation sites (tertiary alicyclic amines) is 1. The molecule has 0 spiro atoms. The third kappa shape index (κ3) is 4.20. The van der Waals surface area contributed by atoms with Crippen LogP contribution < -0.4 is 5.32 Å². The lowest BCUT2D eigenvalue weighted by molar-refractivity contribution is 0.0895. The van der Waals surface area contributed by atoms with E-state index in [1.807, 2.05) is 7.05 Å². The topological polar surface area (TPSA) is 50.2 Å². The summed E-state index contributed by atoms with van der Waals surface area (Å²) in [5.41, 5.74) is 3.12. The maximum atomic E-state index is 12.2. The minimum absolute atomic E-state index is 0.0759. The maximum absolute atomic E-state index is 12.2. The largest absolute Gasteiger partial charge is 0.347 e. The first-order valence-corrected chi connectivity index (χ1v) is 8.18. The third-order valence-electron chi connectivity index (χ3n) is 4.28. The fourth-order valence-electron chi connectivity index (χ4n) is 3.18. The predicted octanol–water partition coefficient (Wildman–Crippen LogP) is 2.12. The number of amides is 1. The molecule has 1 unspecified atom stereocenters. The lowest BCUT2D eigenvalue weighted by Gasteiger charge is -2.33. The molecular formula is C18H24N4O. The third-order valence-corrected chi connectivity index (χ3v) is 4.28. The Labute approximate surface area is 137 Å². The van der Waals surface area contributed by atoms with Crippen LogP contribution in [0.25, 0.3) is 0 Å². The summed E-state index contributed by atoms with van der Waals surface area (Å²) in [6.45, 7) is 5.05. The molecule has 1 aliphatic rings. The zero-order valence-electron chi connectivity index (χ0n) is 13.8. The zero-order chi connectivity index (χ0) is 16.2. The fraction of sp³-hybridized carbons (Fsp3) is 0.444. The van der Waals surface area contributed by atoms with Gasteiger partial charge in [0.1, 0.15) is 5.69 Å². The van der Waals surface area contributed by atoms with Crippen molar-refractivity contribution in [3.63, 3.8) is 0 Å². The second-order valence-corrected chi connectivity index (χ2v) is 6.41. The van der Waals surface area contributed by atoms with Crippen molar-refractivity contribution in [3.8, 4) is 0 Å². The molecule has 1 fully saturated rings. The molecule has 1 aromatic carbocycles. The second kappa shape index (κ2) is 6.96. The van der Waals surface area contributed by atoms with E-state index >= 15 is 0 Å². The van der Waals surface area contributed by atoms with E-state index in [0.717, 1.165) is 32.5 Å². The lowest BCUT2D eigenvalue weighted by atomic mass is 10.0. The van der Waals surface area contributed by atoms with E-state index < -0.39 is 0 Å². The lowest BCUT2D eigenvalue weighted by Crippen LogP contribution is -2.47. The molecule has 0 radical (unpaired) electrons. The molecule has 1 aliphatic heterocycles. The summed E-state index contributed by atoms with van der Waals surface area (Å²) in [6, 6.07) is 10.6. The monoisotopic (exact) mass is 312 g/mol. The van der Waals surface area contributed by atoms with Crippen molar-refractivity contribution >= 4 is 5.91 Å². The number of carbonyl (C=O) groups is 1. The Kier molecular flexibility index (Phi) is 4.76. The van der Waals surface area contributed by atoms with Crippen LogP contribution in [-0.2, 0) is 13.6 Å². The van der Waals surface area contributed by atoms with Crippen LogP contribution >= 0.6 is 0 Å². The van der Waals surface area contributed by atoms with Gasteiger partial charge in [0.2, 0.25) is 0 Å². The van der Waals surface area contributed by atoms with Gasteiger partial charge < -0.3 is 5.32 Å². The first-order valence-electron chi connectivity index (χ1n) is 8.18. The number of aromatic nitrogens is 2. The Bertz CT molecular complexity index is 679. The van der Waals surface area contributed by atoms with Gasteiger partial charge in [0, 0.05) is 32.4 Å². The van der Waals surface area contributed by atoms with Crippen molar-refractivity contribution in [3.05, 3.63) is 53.3 Å². The summed E-state index contributed by atoms with van der Waals surface area (Å²) in [4.78, 5) is 14.6. The molecule has 1 aromatic heterocycles. The maximum Gasteiger partial charge on any atom is 0.272 e. The Morgan fingerprint density at radius 3 is 3.00 bits per heavy atom. The van der Waals surface area contributed by atoms with E-state index in [1.165, 1.54) is 11.1 Å². The number of nitrogens with zero attached hydrogens (tertiary/aromatic N) is 3. The van der Waals surface area contributed by atoms with Gasteiger partial charge in [-0.25, -0.2) is 0 Å². The van der Waals surface area contributed by atoms with Crippen molar-refractivity contribution in [2.75, 3.05) is 13.1 Å². The van der Waals surface area contributed by atoms with Crippen LogP contribution in [0.4, 0.5) is 0 Å². The highest BCUT2D eigenvalue weighted by atomic mass is 16.2. The summed E-state index contributed by atoms with van der Waals surface area (Å²) in [6.07, 6.45) is 3.93. The smallest absolute Gasteiger partial charge is 0.272 e. The molecule has 1 atom stereocenters. The minimum atomic E-state index is -0.0759. The summed E-state index contributed by atoms with van der Waals surface area (Å²) >= 11 is 0. The molecule has 1 saturated heterocycles. The number of piperidine rings is 1. The number of benzene rings is 1. The van der Waals surface area contributed by atoms with Crippen LogP contribution in [0, 0.1) is 6.92 Å². The van der Waals surface area contributed by atoms with E-state index in [1.54, 1.807) is 16.9 Å². The molecule has 0 saturated carbocycles. The molecule has 2 aromatic rings. The van der Waals surface area contributed by atoms with Crippen LogP contribution in [0.1, 0.15) is 34.5 Å². The van der Waals surface area contributed by atoms with Gasteiger partial charge >= 0.3 is 0 Å². The van der Waals surface area contributed by atoms with Gasteiger partial charge in [-0.05, 0) is 37.9 Å². The van der Waals surface area contributed by atoms with Crippen LogP contribution in [-0.4, -0.2) is 39.7 Å². The molecule has 1 N–H and O–H groups in total.